The molecule has 2 rings (SSSR count). The van der Waals surface area contributed by atoms with Crippen molar-refractivity contribution in [1.29, 1.82) is 0 Å². The van der Waals surface area contributed by atoms with E-state index in [-0.39, 0.29) is 0 Å². The van der Waals surface area contributed by atoms with Crippen molar-refractivity contribution >= 4 is 0 Å². The van der Waals surface area contributed by atoms with Crippen molar-refractivity contribution in [1.82, 2.24) is 14.9 Å². The Hall–Kier alpha value is -0.830. The van der Waals surface area contributed by atoms with Crippen molar-refractivity contribution < 1.29 is 0 Å². The van der Waals surface area contributed by atoms with Crippen molar-refractivity contribution in [3.63, 3.8) is 0 Å². The maximum atomic E-state index is 4.12. The summed E-state index contributed by atoms with van der Waals surface area (Å²) in [7, 11) is 2.05. The van der Waals surface area contributed by atoms with E-state index >= 15 is 0 Å². The highest BCUT2D eigenvalue weighted by Crippen LogP contribution is 2.27. The quantitative estimate of drug-likeness (QED) is 0.819. The number of imidazole rings is 1. The Morgan fingerprint density at radius 1 is 1.53 bits per heavy atom. The molecule has 0 aromatic carbocycles. The lowest BCUT2D eigenvalue weighted by Gasteiger charge is -2.20. The molecule has 3 heteroatoms. The molecule has 84 valence electrons. The van der Waals surface area contributed by atoms with Crippen LogP contribution in [0.1, 0.15) is 38.3 Å². The van der Waals surface area contributed by atoms with Crippen molar-refractivity contribution in [3.8, 4) is 0 Å². The molecule has 0 spiro atoms. The minimum absolute atomic E-state index is 0.641. The molecular weight excluding hydrogens is 186 g/mol. The van der Waals surface area contributed by atoms with Gasteiger partial charge in [0.15, 0.2) is 0 Å². The Morgan fingerprint density at radius 2 is 2.27 bits per heavy atom. The molecule has 1 aromatic rings. The molecule has 0 bridgehead atoms. The first-order valence-electron chi connectivity index (χ1n) is 5.96. The van der Waals surface area contributed by atoms with E-state index in [1.807, 2.05) is 19.6 Å². The Bertz CT molecular complexity index is 300. The Morgan fingerprint density at radius 3 is 2.87 bits per heavy atom. The van der Waals surface area contributed by atoms with Crippen LogP contribution in [0.2, 0.25) is 0 Å². The minimum Gasteiger partial charge on any atom is -0.337 e. The Balaban J connectivity index is 1.80. The highest BCUT2D eigenvalue weighted by molar-refractivity contribution is 4.97. The zero-order chi connectivity index (χ0) is 10.7. The Kier molecular flexibility index (Phi) is 3.41. The average Bonchev–Trinajstić information content (AvgIpc) is 2.85. The number of nitrogens with one attached hydrogen (secondary N) is 1. The maximum absolute atomic E-state index is 4.12. The smallest absolute Gasteiger partial charge is 0.0945 e. The highest BCUT2D eigenvalue weighted by Gasteiger charge is 2.20. The number of hydrogen-bond donors (Lipinski definition) is 1. The Labute approximate surface area is 91.9 Å². The monoisotopic (exact) mass is 207 g/mol. The maximum Gasteiger partial charge on any atom is 0.0945 e. The fourth-order valence-electron chi connectivity index (χ4n) is 2.44. The van der Waals surface area contributed by atoms with Gasteiger partial charge in [0.1, 0.15) is 0 Å². The van der Waals surface area contributed by atoms with Crippen LogP contribution in [0, 0.1) is 5.92 Å². The summed E-state index contributed by atoms with van der Waals surface area (Å²) in [6.45, 7) is 3.25. The summed E-state index contributed by atoms with van der Waals surface area (Å²) in [5.41, 5.74) is 1.26. The van der Waals surface area contributed by atoms with Crippen molar-refractivity contribution in [2.24, 2.45) is 13.0 Å². The first-order valence-corrected chi connectivity index (χ1v) is 5.96. The van der Waals surface area contributed by atoms with Gasteiger partial charge >= 0.3 is 0 Å². The van der Waals surface area contributed by atoms with Crippen LogP contribution in [-0.4, -0.2) is 15.6 Å². The molecule has 1 fully saturated rings. The average molecular weight is 207 g/mol. The summed E-state index contributed by atoms with van der Waals surface area (Å²) >= 11 is 0. The van der Waals surface area contributed by atoms with E-state index in [0.29, 0.717) is 6.04 Å². The molecule has 1 aliphatic rings. The fourth-order valence-corrected chi connectivity index (χ4v) is 2.44. The minimum atomic E-state index is 0.641. The molecule has 1 saturated carbocycles. The lowest BCUT2D eigenvalue weighted by Crippen LogP contribution is -2.32. The molecule has 1 aromatic heterocycles. The van der Waals surface area contributed by atoms with Gasteiger partial charge in [-0.15, -0.1) is 0 Å². The molecule has 1 N–H and O–H groups in total. The zero-order valence-electron chi connectivity index (χ0n) is 9.74. The van der Waals surface area contributed by atoms with Crippen LogP contribution < -0.4 is 5.32 Å². The lowest BCUT2D eigenvalue weighted by molar-refractivity contribution is 0.377. The number of rotatable bonds is 4. The number of hydrogen-bond acceptors (Lipinski definition) is 2. The second-order valence-corrected chi connectivity index (χ2v) is 4.71. The summed E-state index contributed by atoms with van der Waals surface area (Å²) in [6.07, 6.45) is 9.44. The van der Waals surface area contributed by atoms with Gasteiger partial charge in [0.2, 0.25) is 0 Å². The summed E-state index contributed by atoms with van der Waals surface area (Å²) in [5.74, 6) is 0.887. The molecule has 3 nitrogen and oxygen atoms in total. The first kappa shape index (κ1) is 10.7. The molecule has 0 aliphatic heterocycles. The summed E-state index contributed by atoms with van der Waals surface area (Å²) in [5, 5.41) is 3.61. The summed E-state index contributed by atoms with van der Waals surface area (Å²) < 4.78 is 2.08. The zero-order valence-corrected chi connectivity index (χ0v) is 9.74. The van der Waals surface area contributed by atoms with Gasteiger partial charge in [-0.2, -0.15) is 0 Å². The van der Waals surface area contributed by atoms with Crippen molar-refractivity contribution in [2.75, 3.05) is 0 Å². The SMILES string of the molecule is CC(NCc1cncn1C)C1CCCC1. The standard InChI is InChI=1S/C12H21N3/c1-10(11-5-3-4-6-11)14-8-12-7-13-9-15(12)2/h7,9-11,14H,3-6,8H2,1-2H3. The van der Waals surface area contributed by atoms with Crippen molar-refractivity contribution in [2.45, 2.75) is 45.2 Å². The fraction of sp³-hybridized carbons (Fsp3) is 0.750. The molecule has 0 saturated heterocycles. The summed E-state index contributed by atoms with van der Waals surface area (Å²) in [4.78, 5) is 4.12. The van der Waals surface area contributed by atoms with Gasteiger partial charge in [0, 0.05) is 25.8 Å². The molecule has 1 heterocycles. The van der Waals surface area contributed by atoms with E-state index in [9.17, 15) is 0 Å². The highest BCUT2D eigenvalue weighted by atomic mass is 15.0. The van der Waals surface area contributed by atoms with E-state index in [4.69, 9.17) is 0 Å². The van der Waals surface area contributed by atoms with E-state index in [2.05, 4.69) is 21.8 Å². The van der Waals surface area contributed by atoms with Gasteiger partial charge in [-0.25, -0.2) is 4.98 Å². The molecule has 1 unspecified atom stereocenters. The normalized spacial score (nSPS) is 19.6. The van der Waals surface area contributed by atoms with Crippen LogP contribution in [0.5, 0.6) is 0 Å². The van der Waals surface area contributed by atoms with Gasteiger partial charge in [0.05, 0.1) is 12.0 Å². The van der Waals surface area contributed by atoms with Crippen LogP contribution in [0.25, 0.3) is 0 Å². The molecule has 1 aliphatic carbocycles. The van der Waals surface area contributed by atoms with Crippen LogP contribution in [0.4, 0.5) is 0 Å². The van der Waals surface area contributed by atoms with Crippen LogP contribution in [0.15, 0.2) is 12.5 Å². The van der Waals surface area contributed by atoms with E-state index < -0.39 is 0 Å². The largest absolute Gasteiger partial charge is 0.337 e. The number of aryl methyl sites for hydroxylation is 1. The topological polar surface area (TPSA) is 29.9 Å². The van der Waals surface area contributed by atoms with Crippen LogP contribution in [-0.2, 0) is 13.6 Å². The third-order valence-corrected chi connectivity index (χ3v) is 3.63. The summed E-state index contributed by atoms with van der Waals surface area (Å²) in [6, 6.07) is 0.641. The number of aromatic nitrogens is 2. The first-order chi connectivity index (χ1) is 7.27. The lowest BCUT2D eigenvalue weighted by atomic mass is 10.00. The third kappa shape index (κ3) is 2.59. The predicted octanol–water partition coefficient (Wildman–Crippen LogP) is 2.09. The second-order valence-electron chi connectivity index (χ2n) is 4.71. The van der Waals surface area contributed by atoms with E-state index in [1.54, 1.807) is 0 Å². The molecule has 0 amide bonds. The predicted molar refractivity (Wildman–Crippen MR) is 61.5 cm³/mol. The van der Waals surface area contributed by atoms with Gasteiger partial charge in [-0.3, -0.25) is 0 Å². The van der Waals surface area contributed by atoms with Gasteiger partial charge < -0.3 is 9.88 Å². The molecular formula is C12H21N3. The molecule has 0 radical (unpaired) electrons. The van der Waals surface area contributed by atoms with Crippen LogP contribution >= 0.6 is 0 Å². The molecule has 15 heavy (non-hydrogen) atoms. The molecule has 1 atom stereocenters. The van der Waals surface area contributed by atoms with Gasteiger partial charge in [-0.1, -0.05) is 12.8 Å². The second kappa shape index (κ2) is 4.79. The van der Waals surface area contributed by atoms with Gasteiger partial charge in [-0.05, 0) is 25.7 Å². The third-order valence-electron chi connectivity index (χ3n) is 3.63. The van der Waals surface area contributed by atoms with E-state index in [0.717, 1.165) is 12.5 Å². The van der Waals surface area contributed by atoms with E-state index in [1.165, 1.54) is 31.4 Å². The number of nitrogens with zero attached hydrogens (tertiary/aromatic N) is 2. The van der Waals surface area contributed by atoms with Gasteiger partial charge in [0.25, 0.3) is 0 Å². The van der Waals surface area contributed by atoms with Crippen molar-refractivity contribution in [3.05, 3.63) is 18.2 Å². The van der Waals surface area contributed by atoms with Crippen LogP contribution in [0.3, 0.4) is 0 Å².